The first-order valence-electron chi connectivity index (χ1n) is 8.87. The number of rotatable bonds is 9. The fraction of sp³-hybridized carbons (Fsp3) is 0.579. The Morgan fingerprint density at radius 2 is 1.80 bits per heavy atom. The Morgan fingerprint density at radius 1 is 1.12 bits per heavy atom. The molecule has 1 rings (SSSR count). The first-order valence-corrected chi connectivity index (χ1v) is 8.87. The number of carbonyl (C=O) groups excluding carboxylic acids is 1. The van der Waals surface area contributed by atoms with Gasteiger partial charge in [-0.25, -0.2) is 0 Å². The Bertz CT molecular complexity index is 570. The molecule has 140 valence electrons. The van der Waals surface area contributed by atoms with E-state index in [9.17, 15) is 4.79 Å². The van der Waals surface area contributed by atoms with Gasteiger partial charge in [0, 0.05) is 19.6 Å². The number of hydrogen-bond acceptors (Lipinski definition) is 3. The SMILES string of the molecule is CCNC(=O)C(C)(C)CN=C(NCC)NCCc1ccccc1OC. The van der Waals surface area contributed by atoms with E-state index >= 15 is 0 Å². The van der Waals surface area contributed by atoms with Gasteiger partial charge in [-0.1, -0.05) is 18.2 Å². The Hall–Kier alpha value is -2.24. The van der Waals surface area contributed by atoms with Gasteiger partial charge in [0.15, 0.2) is 5.96 Å². The van der Waals surface area contributed by atoms with Gasteiger partial charge < -0.3 is 20.7 Å². The number of carbonyl (C=O) groups is 1. The monoisotopic (exact) mass is 348 g/mol. The van der Waals surface area contributed by atoms with Crippen LogP contribution in [0.3, 0.4) is 0 Å². The molecule has 0 aliphatic rings. The molecular formula is C19H32N4O2. The second-order valence-corrected chi connectivity index (χ2v) is 6.43. The van der Waals surface area contributed by atoms with Crippen LogP contribution in [-0.4, -0.2) is 45.2 Å². The molecule has 0 bridgehead atoms. The number of para-hydroxylation sites is 1. The number of ether oxygens (including phenoxy) is 1. The van der Waals surface area contributed by atoms with E-state index < -0.39 is 5.41 Å². The van der Waals surface area contributed by atoms with Gasteiger partial charge in [-0.2, -0.15) is 0 Å². The van der Waals surface area contributed by atoms with Crippen LogP contribution in [0.4, 0.5) is 0 Å². The van der Waals surface area contributed by atoms with Crippen molar-refractivity contribution < 1.29 is 9.53 Å². The maximum atomic E-state index is 12.1. The number of nitrogens with one attached hydrogen (secondary N) is 3. The molecule has 0 aromatic heterocycles. The van der Waals surface area contributed by atoms with Gasteiger partial charge in [0.2, 0.25) is 5.91 Å². The van der Waals surface area contributed by atoms with Crippen molar-refractivity contribution in [2.45, 2.75) is 34.1 Å². The van der Waals surface area contributed by atoms with Crippen molar-refractivity contribution in [3.05, 3.63) is 29.8 Å². The van der Waals surface area contributed by atoms with Gasteiger partial charge in [0.1, 0.15) is 5.75 Å². The average molecular weight is 348 g/mol. The lowest BCUT2D eigenvalue weighted by Crippen LogP contribution is -2.42. The van der Waals surface area contributed by atoms with Crippen LogP contribution in [0.1, 0.15) is 33.3 Å². The molecule has 0 radical (unpaired) electrons. The van der Waals surface area contributed by atoms with Gasteiger partial charge in [-0.05, 0) is 45.7 Å². The summed E-state index contributed by atoms with van der Waals surface area (Å²) in [4.78, 5) is 16.6. The molecule has 1 aromatic carbocycles. The maximum Gasteiger partial charge on any atom is 0.227 e. The largest absolute Gasteiger partial charge is 0.496 e. The highest BCUT2D eigenvalue weighted by molar-refractivity contribution is 5.83. The lowest BCUT2D eigenvalue weighted by atomic mass is 9.92. The molecule has 0 heterocycles. The standard InChI is InChI=1S/C19H32N4O2/c1-6-20-17(24)19(3,4)14-23-18(21-7-2)22-13-12-15-10-8-9-11-16(15)25-5/h8-11H,6-7,12-14H2,1-5H3,(H,20,24)(H2,21,22,23). The van der Waals surface area contributed by atoms with Crippen LogP contribution in [0.2, 0.25) is 0 Å². The minimum Gasteiger partial charge on any atom is -0.496 e. The summed E-state index contributed by atoms with van der Waals surface area (Å²) in [6.07, 6.45) is 0.828. The van der Waals surface area contributed by atoms with Gasteiger partial charge in [0.25, 0.3) is 0 Å². The molecule has 0 spiro atoms. The Kier molecular flexibility index (Phi) is 8.81. The van der Waals surface area contributed by atoms with Crippen LogP contribution in [0, 0.1) is 5.41 Å². The summed E-state index contributed by atoms with van der Waals surface area (Å²) in [6.45, 7) is 10.3. The van der Waals surface area contributed by atoms with Crippen LogP contribution in [0.5, 0.6) is 5.75 Å². The van der Waals surface area contributed by atoms with Crippen molar-refractivity contribution >= 4 is 11.9 Å². The Morgan fingerprint density at radius 3 is 2.44 bits per heavy atom. The van der Waals surface area contributed by atoms with E-state index in [2.05, 4.69) is 27.0 Å². The summed E-state index contributed by atoms with van der Waals surface area (Å²) in [7, 11) is 1.68. The highest BCUT2D eigenvalue weighted by atomic mass is 16.5. The molecule has 0 saturated carbocycles. The number of aliphatic imine (C=N–C) groups is 1. The van der Waals surface area contributed by atoms with Crippen molar-refractivity contribution in [2.75, 3.05) is 33.3 Å². The smallest absolute Gasteiger partial charge is 0.227 e. The molecule has 6 heteroatoms. The maximum absolute atomic E-state index is 12.1. The lowest BCUT2D eigenvalue weighted by Gasteiger charge is -2.22. The highest BCUT2D eigenvalue weighted by Crippen LogP contribution is 2.17. The molecule has 0 unspecified atom stereocenters. The average Bonchev–Trinajstić information content (AvgIpc) is 2.60. The molecule has 3 N–H and O–H groups in total. The summed E-state index contributed by atoms with van der Waals surface area (Å²) in [6, 6.07) is 7.99. The molecular weight excluding hydrogens is 316 g/mol. The van der Waals surface area contributed by atoms with Crippen molar-refractivity contribution in [2.24, 2.45) is 10.4 Å². The van der Waals surface area contributed by atoms with Crippen LogP contribution in [0.25, 0.3) is 0 Å². The zero-order valence-electron chi connectivity index (χ0n) is 16.1. The van der Waals surface area contributed by atoms with Crippen molar-refractivity contribution in [3.63, 3.8) is 0 Å². The lowest BCUT2D eigenvalue weighted by molar-refractivity contribution is -0.128. The number of amides is 1. The van der Waals surface area contributed by atoms with E-state index in [0.29, 0.717) is 13.1 Å². The third-order valence-electron chi connectivity index (χ3n) is 3.81. The molecule has 1 aromatic rings. The van der Waals surface area contributed by atoms with E-state index in [4.69, 9.17) is 4.74 Å². The quantitative estimate of drug-likeness (QED) is 0.471. The van der Waals surface area contributed by atoms with E-state index in [1.807, 2.05) is 45.9 Å². The zero-order valence-corrected chi connectivity index (χ0v) is 16.1. The van der Waals surface area contributed by atoms with Crippen molar-refractivity contribution in [1.82, 2.24) is 16.0 Å². The first-order chi connectivity index (χ1) is 11.9. The van der Waals surface area contributed by atoms with Crippen LogP contribution in [-0.2, 0) is 11.2 Å². The second kappa shape index (κ2) is 10.6. The van der Waals surface area contributed by atoms with E-state index in [0.717, 1.165) is 36.8 Å². The number of benzene rings is 1. The van der Waals surface area contributed by atoms with E-state index in [1.54, 1.807) is 7.11 Å². The summed E-state index contributed by atoms with van der Waals surface area (Å²) < 4.78 is 5.37. The number of methoxy groups -OCH3 is 1. The molecule has 1 amide bonds. The summed E-state index contributed by atoms with van der Waals surface area (Å²) in [5.41, 5.74) is 0.608. The van der Waals surface area contributed by atoms with Crippen LogP contribution < -0.4 is 20.7 Å². The third kappa shape index (κ3) is 7.03. The summed E-state index contributed by atoms with van der Waals surface area (Å²) in [5, 5.41) is 9.39. The number of nitrogens with zero attached hydrogens (tertiary/aromatic N) is 1. The van der Waals surface area contributed by atoms with Crippen LogP contribution in [0.15, 0.2) is 29.3 Å². The predicted octanol–water partition coefficient (Wildman–Crippen LogP) is 1.96. The summed E-state index contributed by atoms with van der Waals surface area (Å²) in [5.74, 6) is 1.63. The molecule has 0 atom stereocenters. The van der Waals surface area contributed by atoms with Crippen LogP contribution >= 0.6 is 0 Å². The van der Waals surface area contributed by atoms with Crippen molar-refractivity contribution in [1.29, 1.82) is 0 Å². The Balaban J connectivity index is 2.62. The van der Waals surface area contributed by atoms with Gasteiger partial charge >= 0.3 is 0 Å². The molecule has 0 aliphatic carbocycles. The normalized spacial score (nSPS) is 11.8. The van der Waals surface area contributed by atoms with Crippen molar-refractivity contribution in [3.8, 4) is 5.75 Å². The minimum absolute atomic E-state index is 0.0172. The topological polar surface area (TPSA) is 74.8 Å². The molecule has 6 nitrogen and oxygen atoms in total. The van der Waals surface area contributed by atoms with Gasteiger partial charge in [0.05, 0.1) is 19.1 Å². The predicted molar refractivity (Wildman–Crippen MR) is 103 cm³/mol. The van der Waals surface area contributed by atoms with E-state index in [1.165, 1.54) is 0 Å². The zero-order chi connectivity index (χ0) is 18.7. The fourth-order valence-corrected chi connectivity index (χ4v) is 2.32. The first kappa shape index (κ1) is 20.8. The molecule has 0 aliphatic heterocycles. The number of guanidine groups is 1. The van der Waals surface area contributed by atoms with Gasteiger partial charge in [-0.3, -0.25) is 9.79 Å². The molecule has 0 fully saturated rings. The highest BCUT2D eigenvalue weighted by Gasteiger charge is 2.26. The Labute approximate surface area is 151 Å². The van der Waals surface area contributed by atoms with Gasteiger partial charge in [-0.15, -0.1) is 0 Å². The minimum atomic E-state index is -0.541. The number of hydrogen-bond donors (Lipinski definition) is 3. The second-order valence-electron chi connectivity index (χ2n) is 6.43. The fourth-order valence-electron chi connectivity index (χ4n) is 2.32. The third-order valence-corrected chi connectivity index (χ3v) is 3.81. The summed E-state index contributed by atoms with van der Waals surface area (Å²) >= 11 is 0. The van der Waals surface area contributed by atoms with E-state index in [-0.39, 0.29) is 5.91 Å². The molecule has 25 heavy (non-hydrogen) atoms. The molecule has 0 saturated heterocycles.